The predicted octanol–water partition coefficient (Wildman–Crippen LogP) is 8.01. The van der Waals surface area contributed by atoms with Crippen molar-refractivity contribution in [1.29, 1.82) is 0 Å². The van der Waals surface area contributed by atoms with E-state index in [0.29, 0.717) is 22.0 Å². The molecule has 7 nitrogen and oxygen atoms in total. The number of sulfonamides is 1. The molecule has 0 aromatic heterocycles. The van der Waals surface area contributed by atoms with Gasteiger partial charge in [0.2, 0.25) is 11.8 Å². The molecule has 0 radical (unpaired) electrons. The van der Waals surface area contributed by atoms with Gasteiger partial charge in [0.25, 0.3) is 10.0 Å². The van der Waals surface area contributed by atoms with Gasteiger partial charge in [-0.2, -0.15) is 0 Å². The molecule has 2 amide bonds. The molecule has 0 heterocycles. The van der Waals surface area contributed by atoms with Crippen LogP contribution in [0.15, 0.2) is 95.9 Å². The van der Waals surface area contributed by atoms with Gasteiger partial charge >= 0.3 is 0 Å². The van der Waals surface area contributed by atoms with Crippen LogP contribution >= 0.6 is 34.8 Å². The Morgan fingerprint density at radius 2 is 1.49 bits per heavy atom. The molecule has 1 N–H and O–H groups in total. The molecule has 47 heavy (non-hydrogen) atoms. The van der Waals surface area contributed by atoms with Gasteiger partial charge in [0.05, 0.1) is 20.6 Å². The molecule has 0 aliphatic rings. The minimum Gasteiger partial charge on any atom is -0.352 e. The standard InChI is InChI=1S/C36H38Cl3N3O4S/c1-5-26(4)40-36(44)34(20-27-9-7-6-8-10-27)41(22-28-14-18-31(37)33(39)19-28)35(43)23-42(29-15-13-25(3)32(38)21-29)47(45,46)30-16-11-24(2)12-17-30/h6-19,21,26,34H,5,20,22-23H2,1-4H3,(H,40,44). The minimum atomic E-state index is -4.25. The lowest BCUT2D eigenvalue weighted by Gasteiger charge is -2.34. The molecule has 0 aliphatic carbocycles. The summed E-state index contributed by atoms with van der Waals surface area (Å²) in [6, 6.07) is 24.4. The van der Waals surface area contributed by atoms with Crippen molar-refractivity contribution in [2.24, 2.45) is 0 Å². The lowest BCUT2D eigenvalue weighted by Crippen LogP contribution is -2.54. The van der Waals surface area contributed by atoms with Crippen LogP contribution in [-0.2, 0) is 32.6 Å². The Morgan fingerprint density at radius 1 is 0.809 bits per heavy atom. The van der Waals surface area contributed by atoms with Gasteiger partial charge in [0.1, 0.15) is 12.6 Å². The average Bonchev–Trinajstić information content (AvgIpc) is 3.05. The Hall–Kier alpha value is -3.56. The maximum absolute atomic E-state index is 14.6. The highest BCUT2D eigenvalue weighted by atomic mass is 35.5. The number of carbonyl (C=O) groups is 2. The number of aryl methyl sites for hydroxylation is 2. The largest absolute Gasteiger partial charge is 0.352 e. The van der Waals surface area contributed by atoms with Gasteiger partial charge in [0.15, 0.2) is 0 Å². The van der Waals surface area contributed by atoms with Crippen molar-refractivity contribution < 1.29 is 18.0 Å². The first-order valence-electron chi connectivity index (χ1n) is 15.2. The van der Waals surface area contributed by atoms with Gasteiger partial charge in [-0.1, -0.05) is 102 Å². The van der Waals surface area contributed by atoms with E-state index < -0.39 is 28.5 Å². The van der Waals surface area contributed by atoms with Crippen LogP contribution < -0.4 is 9.62 Å². The molecule has 2 unspecified atom stereocenters. The van der Waals surface area contributed by atoms with Crippen molar-refractivity contribution in [1.82, 2.24) is 10.2 Å². The molecule has 0 fully saturated rings. The molecular formula is C36H38Cl3N3O4S. The van der Waals surface area contributed by atoms with Crippen LogP contribution in [0.3, 0.4) is 0 Å². The molecule has 4 aromatic rings. The first-order valence-corrected chi connectivity index (χ1v) is 17.8. The highest BCUT2D eigenvalue weighted by Crippen LogP contribution is 2.30. The van der Waals surface area contributed by atoms with E-state index in [1.54, 1.807) is 49.4 Å². The lowest BCUT2D eigenvalue weighted by atomic mass is 10.0. The van der Waals surface area contributed by atoms with Crippen molar-refractivity contribution in [3.63, 3.8) is 0 Å². The number of hydrogen-bond donors (Lipinski definition) is 1. The Labute approximate surface area is 292 Å². The Bertz CT molecular complexity index is 1820. The predicted molar refractivity (Wildman–Crippen MR) is 191 cm³/mol. The number of nitrogens with zero attached hydrogens (tertiary/aromatic N) is 2. The van der Waals surface area contributed by atoms with E-state index >= 15 is 0 Å². The minimum absolute atomic E-state index is 0.0129. The number of carbonyl (C=O) groups excluding carboxylic acids is 2. The maximum Gasteiger partial charge on any atom is 0.264 e. The number of benzene rings is 4. The zero-order valence-electron chi connectivity index (χ0n) is 26.7. The first kappa shape index (κ1) is 36.3. The van der Waals surface area contributed by atoms with Crippen LogP contribution in [0.4, 0.5) is 5.69 Å². The van der Waals surface area contributed by atoms with Gasteiger partial charge in [-0.15, -0.1) is 0 Å². The van der Waals surface area contributed by atoms with Crippen LogP contribution in [-0.4, -0.2) is 43.8 Å². The fourth-order valence-electron chi connectivity index (χ4n) is 4.93. The van der Waals surface area contributed by atoms with Crippen LogP contribution in [0.25, 0.3) is 0 Å². The smallest absolute Gasteiger partial charge is 0.264 e. The molecular weight excluding hydrogens is 677 g/mol. The number of anilines is 1. The summed E-state index contributed by atoms with van der Waals surface area (Å²) in [5.41, 5.74) is 3.30. The molecule has 0 bridgehead atoms. The number of rotatable bonds is 13. The Balaban J connectivity index is 1.84. The first-order chi connectivity index (χ1) is 22.3. The number of halogens is 3. The average molecular weight is 715 g/mol. The van der Waals surface area contributed by atoms with Crippen LogP contribution in [0.5, 0.6) is 0 Å². The van der Waals surface area contributed by atoms with Crippen molar-refractivity contribution in [2.75, 3.05) is 10.8 Å². The van der Waals surface area contributed by atoms with Crippen molar-refractivity contribution in [3.8, 4) is 0 Å². The zero-order chi connectivity index (χ0) is 34.3. The summed E-state index contributed by atoms with van der Waals surface area (Å²) in [5.74, 6) is -0.952. The second kappa shape index (κ2) is 16.0. The van der Waals surface area contributed by atoms with E-state index in [4.69, 9.17) is 34.8 Å². The second-order valence-corrected chi connectivity index (χ2v) is 14.6. The summed E-state index contributed by atoms with van der Waals surface area (Å²) in [5, 5.41) is 4.00. The summed E-state index contributed by atoms with van der Waals surface area (Å²) in [7, 11) is -4.25. The Kier molecular flexibility index (Phi) is 12.4. The van der Waals surface area contributed by atoms with Crippen molar-refractivity contribution in [3.05, 3.63) is 128 Å². The van der Waals surface area contributed by atoms with Crippen LogP contribution in [0.1, 0.15) is 42.5 Å². The topological polar surface area (TPSA) is 86.8 Å². The molecule has 0 saturated carbocycles. The SMILES string of the molecule is CCC(C)NC(=O)C(Cc1ccccc1)N(Cc1ccc(Cl)c(Cl)c1)C(=O)CN(c1ccc(C)c(Cl)c1)S(=O)(=O)c1ccc(C)cc1. The number of amides is 2. The Morgan fingerprint density at radius 3 is 2.11 bits per heavy atom. The summed E-state index contributed by atoms with van der Waals surface area (Å²) in [4.78, 5) is 30.0. The van der Waals surface area contributed by atoms with Gasteiger partial charge < -0.3 is 10.2 Å². The normalized spacial score (nSPS) is 12.7. The van der Waals surface area contributed by atoms with E-state index in [0.717, 1.165) is 21.0 Å². The van der Waals surface area contributed by atoms with Crippen LogP contribution in [0.2, 0.25) is 15.1 Å². The summed E-state index contributed by atoms with van der Waals surface area (Å²) in [6.45, 7) is 6.87. The van der Waals surface area contributed by atoms with Crippen molar-refractivity contribution in [2.45, 2.75) is 64.1 Å². The number of nitrogens with one attached hydrogen (secondary N) is 1. The highest BCUT2D eigenvalue weighted by Gasteiger charge is 2.35. The van der Waals surface area contributed by atoms with E-state index in [1.807, 2.05) is 51.1 Å². The van der Waals surface area contributed by atoms with Gasteiger partial charge in [-0.05, 0) is 80.3 Å². The van der Waals surface area contributed by atoms with E-state index in [2.05, 4.69) is 5.32 Å². The quantitative estimate of drug-likeness (QED) is 0.152. The summed E-state index contributed by atoms with van der Waals surface area (Å²) in [6.07, 6.45) is 0.874. The zero-order valence-corrected chi connectivity index (χ0v) is 29.8. The third-order valence-corrected chi connectivity index (χ3v) is 10.9. The fraction of sp³-hybridized carbons (Fsp3) is 0.278. The summed E-state index contributed by atoms with van der Waals surface area (Å²) < 4.78 is 29.5. The second-order valence-electron chi connectivity index (χ2n) is 11.6. The fourth-order valence-corrected chi connectivity index (χ4v) is 6.83. The lowest BCUT2D eigenvalue weighted by molar-refractivity contribution is -0.140. The van der Waals surface area contributed by atoms with E-state index in [-0.39, 0.29) is 40.5 Å². The highest BCUT2D eigenvalue weighted by molar-refractivity contribution is 7.92. The molecule has 0 saturated heterocycles. The molecule has 0 spiro atoms. The molecule has 4 rings (SSSR count). The molecule has 4 aromatic carbocycles. The third-order valence-electron chi connectivity index (χ3n) is 7.94. The molecule has 11 heteroatoms. The third kappa shape index (κ3) is 9.29. The van der Waals surface area contributed by atoms with E-state index in [1.165, 1.54) is 23.1 Å². The number of hydrogen-bond acceptors (Lipinski definition) is 4. The monoisotopic (exact) mass is 713 g/mol. The molecule has 0 aliphatic heterocycles. The molecule has 2 atom stereocenters. The van der Waals surface area contributed by atoms with Gasteiger partial charge in [0, 0.05) is 24.0 Å². The summed E-state index contributed by atoms with van der Waals surface area (Å²) >= 11 is 19.0. The van der Waals surface area contributed by atoms with E-state index in [9.17, 15) is 18.0 Å². The van der Waals surface area contributed by atoms with Crippen molar-refractivity contribution >= 4 is 62.3 Å². The van der Waals surface area contributed by atoms with Gasteiger partial charge in [-0.25, -0.2) is 8.42 Å². The maximum atomic E-state index is 14.6. The van der Waals surface area contributed by atoms with Crippen LogP contribution in [0, 0.1) is 13.8 Å². The molecule has 248 valence electrons. The van der Waals surface area contributed by atoms with Gasteiger partial charge in [-0.3, -0.25) is 13.9 Å².